The van der Waals surface area contributed by atoms with Crippen molar-refractivity contribution >= 4 is 15.7 Å². The van der Waals surface area contributed by atoms with E-state index in [0.29, 0.717) is 0 Å². The number of hydrogen-bond donors (Lipinski definition) is 1. The van der Waals surface area contributed by atoms with Crippen LogP contribution in [0.3, 0.4) is 0 Å². The third kappa shape index (κ3) is 2.98. The Morgan fingerprint density at radius 2 is 1.85 bits per heavy atom. The Bertz CT molecular complexity index is 657. The molecule has 0 amide bonds. The van der Waals surface area contributed by atoms with Gasteiger partial charge in [-0.25, -0.2) is 27.3 Å². The predicted molar refractivity (Wildman–Crippen MR) is 52.2 cm³/mol. The standard InChI is InChI=1S/C7H4F5N3O4S/c8-6(9)4-5(15(16)17)3(7(10,11)12)2(1-14-4)20(13,18)19/h1,6H,(H2,13,18,19). The molecule has 0 aliphatic rings. The lowest BCUT2D eigenvalue weighted by atomic mass is 10.1. The van der Waals surface area contributed by atoms with Gasteiger partial charge in [0.05, 0.1) is 4.92 Å². The summed E-state index contributed by atoms with van der Waals surface area (Å²) in [5, 5.41) is 15.0. The summed E-state index contributed by atoms with van der Waals surface area (Å²) in [6.45, 7) is 0. The third-order valence-corrected chi connectivity index (χ3v) is 2.95. The molecule has 0 saturated carbocycles. The van der Waals surface area contributed by atoms with Crippen LogP contribution in [-0.2, 0) is 16.2 Å². The number of nitro groups is 1. The Hall–Kier alpha value is -1.89. The van der Waals surface area contributed by atoms with Crippen molar-refractivity contribution in [2.24, 2.45) is 5.14 Å². The minimum absolute atomic E-state index is 0.0906. The zero-order chi connectivity index (χ0) is 15.9. The quantitative estimate of drug-likeness (QED) is 0.515. The number of halogens is 5. The molecule has 13 heteroatoms. The van der Waals surface area contributed by atoms with Gasteiger partial charge in [-0.1, -0.05) is 0 Å². The van der Waals surface area contributed by atoms with Gasteiger partial charge in [-0.15, -0.1) is 0 Å². The van der Waals surface area contributed by atoms with E-state index >= 15 is 0 Å². The first-order valence-corrected chi connectivity index (χ1v) is 5.97. The first kappa shape index (κ1) is 16.2. The molecular formula is C7H4F5N3O4S. The molecule has 0 spiro atoms. The van der Waals surface area contributed by atoms with Crippen molar-refractivity contribution in [1.82, 2.24) is 4.98 Å². The van der Waals surface area contributed by atoms with Gasteiger partial charge in [-0.2, -0.15) is 13.2 Å². The molecule has 0 bridgehead atoms. The van der Waals surface area contributed by atoms with E-state index in [4.69, 9.17) is 0 Å². The topological polar surface area (TPSA) is 116 Å². The molecule has 0 saturated heterocycles. The molecule has 1 heterocycles. The summed E-state index contributed by atoms with van der Waals surface area (Å²) in [4.78, 5) is 9.72. The molecule has 0 atom stereocenters. The van der Waals surface area contributed by atoms with Crippen LogP contribution >= 0.6 is 0 Å². The molecule has 0 radical (unpaired) electrons. The SMILES string of the molecule is NS(=O)(=O)c1cnc(C(F)F)c([N+](=O)[O-])c1C(F)(F)F. The number of pyridine rings is 1. The summed E-state index contributed by atoms with van der Waals surface area (Å²) in [6, 6.07) is 0. The van der Waals surface area contributed by atoms with Crippen LogP contribution in [0.2, 0.25) is 0 Å². The maximum Gasteiger partial charge on any atom is 0.424 e. The Balaban J connectivity index is 3.97. The van der Waals surface area contributed by atoms with Crippen LogP contribution in [0.4, 0.5) is 27.6 Å². The Morgan fingerprint density at radius 3 is 2.15 bits per heavy atom. The van der Waals surface area contributed by atoms with Crippen LogP contribution in [0, 0.1) is 10.1 Å². The first-order chi connectivity index (χ1) is 8.87. The summed E-state index contributed by atoms with van der Waals surface area (Å²) >= 11 is 0. The van der Waals surface area contributed by atoms with Crippen molar-refractivity contribution in [3.63, 3.8) is 0 Å². The largest absolute Gasteiger partial charge is 0.424 e. The lowest BCUT2D eigenvalue weighted by Gasteiger charge is -2.13. The van der Waals surface area contributed by atoms with E-state index in [1.165, 1.54) is 0 Å². The van der Waals surface area contributed by atoms with Gasteiger partial charge in [0.15, 0.2) is 11.3 Å². The molecule has 20 heavy (non-hydrogen) atoms. The fraction of sp³-hybridized carbons (Fsp3) is 0.286. The highest BCUT2D eigenvalue weighted by Gasteiger charge is 2.47. The van der Waals surface area contributed by atoms with Crippen molar-refractivity contribution < 1.29 is 35.3 Å². The van der Waals surface area contributed by atoms with Gasteiger partial charge in [0.2, 0.25) is 10.0 Å². The van der Waals surface area contributed by atoms with Crippen LogP contribution in [0.25, 0.3) is 0 Å². The number of primary sulfonamides is 1. The second kappa shape index (κ2) is 4.90. The Kier molecular flexibility index (Phi) is 3.96. The monoisotopic (exact) mass is 321 g/mol. The van der Waals surface area contributed by atoms with E-state index in [9.17, 15) is 40.5 Å². The maximum absolute atomic E-state index is 12.7. The number of nitrogens with zero attached hydrogens (tertiary/aromatic N) is 2. The number of alkyl halides is 5. The van der Waals surface area contributed by atoms with Gasteiger partial charge < -0.3 is 0 Å². The Labute approximate surface area is 107 Å². The van der Waals surface area contributed by atoms with Gasteiger partial charge in [0.1, 0.15) is 4.90 Å². The van der Waals surface area contributed by atoms with E-state index in [1.54, 1.807) is 0 Å². The van der Waals surface area contributed by atoms with Crippen molar-refractivity contribution in [1.29, 1.82) is 0 Å². The van der Waals surface area contributed by atoms with Gasteiger partial charge in [-0.3, -0.25) is 10.1 Å². The Morgan fingerprint density at radius 1 is 1.35 bits per heavy atom. The summed E-state index contributed by atoms with van der Waals surface area (Å²) in [6.07, 6.45) is -9.38. The van der Waals surface area contributed by atoms with Crippen LogP contribution in [0.15, 0.2) is 11.1 Å². The number of sulfonamides is 1. The van der Waals surface area contributed by atoms with Crippen LogP contribution in [-0.4, -0.2) is 18.3 Å². The number of rotatable bonds is 3. The highest BCUT2D eigenvalue weighted by molar-refractivity contribution is 7.89. The summed E-state index contributed by atoms with van der Waals surface area (Å²) < 4.78 is 85.1. The maximum atomic E-state index is 12.7. The highest BCUT2D eigenvalue weighted by Crippen LogP contribution is 2.43. The number of nitrogens with two attached hydrogens (primary N) is 1. The van der Waals surface area contributed by atoms with Crippen molar-refractivity contribution in [3.05, 3.63) is 27.6 Å². The van der Waals surface area contributed by atoms with Crippen LogP contribution in [0.5, 0.6) is 0 Å². The minimum Gasteiger partial charge on any atom is -0.258 e. The fourth-order valence-electron chi connectivity index (χ4n) is 1.33. The average molecular weight is 321 g/mol. The summed E-state index contributed by atoms with van der Waals surface area (Å²) in [5.41, 5.74) is -6.32. The normalized spacial score (nSPS) is 12.8. The lowest BCUT2D eigenvalue weighted by molar-refractivity contribution is -0.390. The van der Waals surface area contributed by atoms with Crippen molar-refractivity contribution in [2.45, 2.75) is 17.5 Å². The minimum atomic E-state index is -5.59. The first-order valence-electron chi connectivity index (χ1n) is 4.42. The van der Waals surface area contributed by atoms with Crippen molar-refractivity contribution in [3.8, 4) is 0 Å². The molecule has 0 fully saturated rings. The van der Waals surface area contributed by atoms with Gasteiger partial charge in [0.25, 0.3) is 6.43 Å². The number of hydrogen-bond acceptors (Lipinski definition) is 5. The molecule has 2 N–H and O–H groups in total. The molecule has 0 aromatic carbocycles. The van der Waals surface area contributed by atoms with E-state index in [0.717, 1.165) is 0 Å². The van der Waals surface area contributed by atoms with Crippen molar-refractivity contribution in [2.75, 3.05) is 0 Å². The molecule has 1 aromatic heterocycles. The molecule has 0 aliphatic carbocycles. The van der Waals surface area contributed by atoms with E-state index in [1.807, 2.05) is 0 Å². The molecule has 1 aromatic rings. The molecule has 0 unspecified atom stereocenters. The smallest absolute Gasteiger partial charge is 0.258 e. The van der Waals surface area contributed by atoms with Gasteiger partial charge in [0, 0.05) is 6.20 Å². The summed E-state index contributed by atoms with van der Waals surface area (Å²) in [5.74, 6) is 0. The second-order valence-corrected chi connectivity index (χ2v) is 4.86. The lowest BCUT2D eigenvalue weighted by Crippen LogP contribution is -2.22. The van der Waals surface area contributed by atoms with E-state index in [-0.39, 0.29) is 6.20 Å². The van der Waals surface area contributed by atoms with Gasteiger partial charge in [-0.05, 0) is 0 Å². The van der Waals surface area contributed by atoms with E-state index in [2.05, 4.69) is 10.1 Å². The van der Waals surface area contributed by atoms with Gasteiger partial charge >= 0.3 is 11.9 Å². The zero-order valence-electron chi connectivity index (χ0n) is 9.06. The van der Waals surface area contributed by atoms with Crippen LogP contribution < -0.4 is 5.14 Å². The third-order valence-electron chi connectivity index (χ3n) is 2.03. The molecule has 112 valence electrons. The molecular weight excluding hydrogens is 317 g/mol. The summed E-state index contributed by atoms with van der Waals surface area (Å²) in [7, 11) is -5.05. The molecule has 7 nitrogen and oxygen atoms in total. The zero-order valence-corrected chi connectivity index (χ0v) is 9.87. The fourth-order valence-corrected chi connectivity index (χ4v) is 2.03. The predicted octanol–water partition coefficient (Wildman–Crippen LogP) is 1.59. The number of aromatic nitrogens is 1. The average Bonchev–Trinajstić information content (AvgIpc) is 2.24. The highest BCUT2D eigenvalue weighted by atomic mass is 32.2. The van der Waals surface area contributed by atoms with Crippen LogP contribution in [0.1, 0.15) is 17.7 Å². The molecule has 1 rings (SSSR count). The second-order valence-electron chi connectivity index (χ2n) is 3.33. The molecule has 0 aliphatic heterocycles. The van der Waals surface area contributed by atoms with E-state index < -0.39 is 49.4 Å².